The molecule has 96 valence electrons. The van der Waals surface area contributed by atoms with Crippen molar-refractivity contribution in [2.24, 2.45) is 0 Å². The number of hydrogen-bond donors (Lipinski definition) is 2. The highest BCUT2D eigenvalue weighted by atomic mass is 79.9. The number of methoxy groups -OCH3 is 1. The van der Waals surface area contributed by atoms with Gasteiger partial charge in [-0.1, -0.05) is 22.0 Å². The van der Waals surface area contributed by atoms with Crippen LogP contribution >= 0.6 is 15.9 Å². The van der Waals surface area contributed by atoms with E-state index in [1.54, 1.807) is 13.3 Å². The number of aromatic amines is 1. The smallest absolute Gasteiger partial charge is 0.120 e. The minimum Gasteiger partial charge on any atom is -0.497 e. The summed E-state index contributed by atoms with van der Waals surface area (Å²) in [4.78, 5) is 0. The molecule has 0 fully saturated rings. The molecule has 18 heavy (non-hydrogen) atoms. The van der Waals surface area contributed by atoms with Crippen LogP contribution in [0.25, 0.3) is 0 Å². The van der Waals surface area contributed by atoms with E-state index in [0.29, 0.717) is 0 Å². The van der Waals surface area contributed by atoms with E-state index in [1.807, 2.05) is 18.2 Å². The van der Waals surface area contributed by atoms with E-state index in [4.69, 9.17) is 4.74 Å². The summed E-state index contributed by atoms with van der Waals surface area (Å²) in [5, 5.41) is 10.3. The van der Waals surface area contributed by atoms with E-state index in [-0.39, 0.29) is 6.04 Å². The van der Waals surface area contributed by atoms with Crippen LogP contribution in [0.3, 0.4) is 0 Å². The number of H-pyrrole nitrogens is 1. The van der Waals surface area contributed by atoms with Crippen molar-refractivity contribution in [2.45, 2.75) is 19.5 Å². The number of aromatic nitrogens is 2. The summed E-state index contributed by atoms with van der Waals surface area (Å²) in [6, 6.07) is 8.21. The molecular weight excluding hydrogens is 294 g/mol. The lowest BCUT2D eigenvalue weighted by Crippen LogP contribution is -2.18. The zero-order chi connectivity index (χ0) is 13.0. The maximum atomic E-state index is 5.18. The fraction of sp³-hybridized carbons (Fsp3) is 0.308. The predicted molar refractivity (Wildman–Crippen MR) is 74.5 cm³/mol. The maximum Gasteiger partial charge on any atom is 0.120 e. The van der Waals surface area contributed by atoms with Gasteiger partial charge in [0, 0.05) is 29.0 Å². The molecule has 0 saturated heterocycles. The first-order valence-electron chi connectivity index (χ1n) is 5.76. The van der Waals surface area contributed by atoms with Gasteiger partial charge in [-0.05, 0) is 30.7 Å². The summed E-state index contributed by atoms with van der Waals surface area (Å²) in [7, 11) is 1.67. The monoisotopic (exact) mass is 309 g/mol. The molecule has 0 aliphatic heterocycles. The fourth-order valence-corrected chi connectivity index (χ4v) is 2.44. The Morgan fingerprint density at radius 2 is 2.28 bits per heavy atom. The summed E-state index contributed by atoms with van der Waals surface area (Å²) in [5.41, 5.74) is 2.28. The van der Waals surface area contributed by atoms with E-state index in [1.165, 1.54) is 5.56 Å². The molecule has 0 aliphatic carbocycles. The van der Waals surface area contributed by atoms with E-state index >= 15 is 0 Å². The minimum atomic E-state index is 0.244. The molecule has 1 heterocycles. The number of benzene rings is 1. The molecule has 0 radical (unpaired) electrons. The third-order valence-electron chi connectivity index (χ3n) is 2.83. The average molecular weight is 310 g/mol. The molecule has 1 aromatic heterocycles. The summed E-state index contributed by atoms with van der Waals surface area (Å²) in [6.45, 7) is 2.89. The van der Waals surface area contributed by atoms with Gasteiger partial charge in [0.25, 0.3) is 0 Å². The SMILES string of the molecule is COc1ccc(C(C)NCc2ccn[nH]2)c(Br)c1. The van der Waals surface area contributed by atoms with Gasteiger partial charge in [-0.2, -0.15) is 5.10 Å². The van der Waals surface area contributed by atoms with Gasteiger partial charge in [0.2, 0.25) is 0 Å². The van der Waals surface area contributed by atoms with Crippen LogP contribution in [0.1, 0.15) is 24.2 Å². The zero-order valence-electron chi connectivity index (χ0n) is 10.4. The summed E-state index contributed by atoms with van der Waals surface area (Å²) in [5.74, 6) is 0.853. The normalized spacial score (nSPS) is 12.4. The predicted octanol–water partition coefficient (Wildman–Crippen LogP) is 3.03. The first-order valence-corrected chi connectivity index (χ1v) is 6.55. The second-order valence-corrected chi connectivity index (χ2v) is 4.93. The average Bonchev–Trinajstić information content (AvgIpc) is 2.88. The topological polar surface area (TPSA) is 49.9 Å². The number of rotatable bonds is 5. The quantitative estimate of drug-likeness (QED) is 0.892. The first-order chi connectivity index (χ1) is 8.70. The van der Waals surface area contributed by atoms with Crippen molar-refractivity contribution in [3.8, 4) is 5.75 Å². The second-order valence-electron chi connectivity index (χ2n) is 4.07. The lowest BCUT2D eigenvalue weighted by atomic mass is 10.1. The lowest BCUT2D eigenvalue weighted by Gasteiger charge is -2.16. The van der Waals surface area contributed by atoms with Crippen molar-refractivity contribution in [1.82, 2.24) is 15.5 Å². The van der Waals surface area contributed by atoms with Gasteiger partial charge in [0.05, 0.1) is 7.11 Å². The molecule has 1 unspecified atom stereocenters. The van der Waals surface area contributed by atoms with Crippen molar-refractivity contribution in [1.29, 1.82) is 0 Å². The Labute approximate surface area is 115 Å². The maximum absolute atomic E-state index is 5.18. The summed E-state index contributed by atoms with van der Waals surface area (Å²) < 4.78 is 6.23. The lowest BCUT2D eigenvalue weighted by molar-refractivity contribution is 0.414. The molecule has 0 aliphatic rings. The molecule has 5 heteroatoms. The van der Waals surface area contributed by atoms with Crippen molar-refractivity contribution < 1.29 is 4.74 Å². The number of hydrogen-bond acceptors (Lipinski definition) is 3. The van der Waals surface area contributed by atoms with Gasteiger partial charge in [0.15, 0.2) is 0 Å². The summed E-state index contributed by atoms with van der Waals surface area (Å²) in [6.07, 6.45) is 1.75. The van der Waals surface area contributed by atoms with E-state index in [0.717, 1.165) is 22.5 Å². The number of nitrogens with zero attached hydrogens (tertiary/aromatic N) is 1. The van der Waals surface area contributed by atoms with Gasteiger partial charge < -0.3 is 10.1 Å². The molecule has 2 aromatic rings. The van der Waals surface area contributed by atoms with Crippen LogP contribution in [0.2, 0.25) is 0 Å². The highest BCUT2D eigenvalue weighted by Crippen LogP contribution is 2.27. The largest absolute Gasteiger partial charge is 0.497 e. The Morgan fingerprint density at radius 1 is 1.44 bits per heavy atom. The Kier molecular flexibility index (Phi) is 4.38. The van der Waals surface area contributed by atoms with E-state index < -0.39 is 0 Å². The van der Waals surface area contributed by atoms with Gasteiger partial charge in [-0.15, -0.1) is 0 Å². The van der Waals surface area contributed by atoms with Crippen LogP contribution in [0.15, 0.2) is 34.9 Å². The van der Waals surface area contributed by atoms with Gasteiger partial charge >= 0.3 is 0 Å². The third kappa shape index (κ3) is 3.11. The second kappa shape index (κ2) is 6.02. The third-order valence-corrected chi connectivity index (χ3v) is 3.52. The molecule has 2 N–H and O–H groups in total. The standard InChI is InChI=1S/C13H16BrN3O/c1-9(15-8-10-5-6-16-17-10)12-4-3-11(18-2)7-13(12)14/h3-7,9,15H,8H2,1-2H3,(H,16,17). The van der Waals surface area contributed by atoms with Crippen molar-refractivity contribution in [3.63, 3.8) is 0 Å². The Hall–Kier alpha value is -1.33. The van der Waals surface area contributed by atoms with Gasteiger partial charge in [-0.25, -0.2) is 0 Å². The van der Waals surface area contributed by atoms with Crippen molar-refractivity contribution in [2.75, 3.05) is 7.11 Å². The fourth-order valence-electron chi connectivity index (χ4n) is 1.74. The molecule has 1 aromatic carbocycles. The van der Waals surface area contributed by atoms with Crippen LogP contribution in [0, 0.1) is 0 Å². The number of nitrogens with one attached hydrogen (secondary N) is 2. The summed E-state index contributed by atoms with van der Waals surface area (Å²) >= 11 is 3.57. The van der Waals surface area contributed by atoms with Crippen molar-refractivity contribution >= 4 is 15.9 Å². The molecule has 1 atom stereocenters. The molecule has 4 nitrogen and oxygen atoms in total. The zero-order valence-corrected chi connectivity index (χ0v) is 12.0. The van der Waals surface area contributed by atoms with Gasteiger partial charge in [0.1, 0.15) is 5.75 Å². The van der Waals surface area contributed by atoms with Gasteiger partial charge in [-0.3, -0.25) is 5.10 Å². The Morgan fingerprint density at radius 3 is 2.89 bits per heavy atom. The van der Waals surface area contributed by atoms with Crippen molar-refractivity contribution in [3.05, 3.63) is 46.2 Å². The highest BCUT2D eigenvalue weighted by molar-refractivity contribution is 9.10. The van der Waals surface area contributed by atoms with E-state index in [2.05, 4.69) is 44.4 Å². The number of ether oxygens (including phenoxy) is 1. The molecular formula is C13H16BrN3O. The molecule has 0 amide bonds. The molecule has 2 rings (SSSR count). The highest BCUT2D eigenvalue weighted by Gasteiger charge is 2.10. The van der Waals surface area contributed by atoms with Crippen LogP contribution < -0.4 is 10.1 Å². The number of halogens is 1. The molecule has 0 spiro atoms. The van der Waals surface area contributed by atoms with E-state index in [9.17, 15) is 0 Å². The van der Waals surface area contributed by atoms with Crippen LogP contribution in [-0.4, -0.2) is 17.3 Å². The Bertz CT molecular complexity index is 499. The first kappa shape index (κ1) is 13.1. The van der Waals surface area contributed by atoms with Crippen LogP contribution in [-0.2, 0) is 6.54 Å². The van der Waals surface area contributed by atoms with Crippen LogP contribution in [0.5, 0.6) is 5.75 Å². The van der Waals surface area contributed by atoms with Crippen LogP contribution in [0.4, 0.5) is 0 Å². The Balaban J connectivity index is 2.02. The molecule has 0 bridgehead atoms. The molecule has 0 saturated carbocycles. The minimum absolute atomic E-state index is 0.244.